The van der Waals surface area contributed by atoms with Crippen molar-refractivity contribution in [3.8, 4) is 5.75 Å². The van der Waals surface area contributed by atoms with Crippen LogP contribution in [0.15, 0.2) is 64.7 Å². The number of amides is 1. The largest absolute Gasteiger partial charge is 0.507 e. The fourth-order valence-electron chi connectivity index (χ4n) is 3.49. The number of halogens is 1. The Hall–Kier alpha value is -3.58. The topological polar surface area (TPSA) is 92.9 Å². The quantitative estimate of drug-likeness (QED) is 0.382. The van der Waals surface area contributed by atoms with Gasteiger partial charge in [-0.3, -0.25) is 14.5 Å². The average Bonchev–Trinajstić information content (AvgIpc) is 3.29. The number of aryl methyl sites for hydroxylation is 1. The van der Waals surface area contributed by atoms with Crippen LogP contribution in [0.1, 0.15) is 22.9 Å². The van der Waals surface area contributed by atoms with E-state index in [0.29, 0.717) is 27.7 Å². The molecule has 1 aliphatic heterocycles. The summed E-state index contributed by atoms with van der Waals surface area (Å²) in [6, 6.07) is 13.9. The van der Waals surface area contributed by atoms with Gasteiger partial charge in [-0.05, 0) is 37.3 Å². The summed E-state index contributed by atoms with van der Waals surface area (Å²) < 4.78 is 10.6. The summed E-state index contributed by atoms with van der Waals surface area (Å²) in [7, 11) is 1.49. The van der Waals surface area contributed by atoms with Crippen molar-refractivity contribution in [2.24, 2.45) is 0 Å². The van der Waals surface area contributed by atoms with E-state index in [1.54, 1.807) is 61.5 Å². The van der Waals surface area contributed by atoms with Crippen molar-refractivity contribution in [1.82, 2.24) is 5.16 Å². The lowest BCUT2D eigenvalue weighted by molar-refractivity contribution is -0.132. The third kappa shape index (κ3) is 3.23. The first kappa shape index (κ1) is 19.7. The number of hydrogen-bond donors (Lipinski definition) is 1. The molecule has 152 valence electrons. The maximum absolute atomic E-state index is 13.0. The van der Waals surface area contributed by atoms with Gasteiger partial charge in [0.15, 0.2) is 5.82 Å². The second-order valence-electron chi connectivity index (χ2n) is 6.71. The Morgan fingerprint density at radius 2 is 1.87 bits per heavy atom. The van der Waals surface area contributed by atoms with Gasteiger partial charge >= 0.3 is 5.91 Å². The van der Waals surface area contributed by atoms with E-state index in [9.17, 15) is 14.7 Å². The molecule has 2 heterocycles. The molecule has 7 nitrogen and oxygen atoms in total. The van der Waals surface area contributed by atoms with Crippen LogP contribution in [-0.4, -0.2) is 29.1 Å². The van der Waals surface area contributed by atoms with Crippen LogP contribution in [0.5, 0.6) is 5.75 Å². The fraction of sp³-hybridized carbons (Fsp3) is 0.136. The van der Waals surface area contributed by atoms with Crippen molar-refractivity contribution in [3.05, 3.63) is 82.1 Å². The molecular formula is C22H17ClN2O5. The molecule has 0 spiro atoms. The Bertz CT molecular complexity index is 1170. The van der Waals surface area contributed by atoms with Crippen LogP contribution in [0, 0.1) is 6.92 Å². The lowest BCUT2D eigenvalue weighted by Gasteiger charge is -2.24. The summed E-state index contributed by atoms with van der Waals surface area (Å²) >= 11 is 5.94. The van der Waals surface area contributed by atoms with Gasteiger partial charge in [0.05, 0.1) is 12.7 Å². The molecule has 0 aliphatic carbocycles. The third-order valence-corrected chi connectivity index (χ3v) is 5.11. The van der Waals surface area contributed by atoms with Gasteiger partial charge in [0.25, 0.3) is 5.78 Å². The SMILES string of the molecule is COc1ccccc1[C@@H]1C(=C(O)c2ccc(Cl)cc2)C(=O)C(=O)N1c1cc(C)on1. The maximum Gasteiger partial charge on any atom is 0.301 e. The average molecular weight is 425 g/mol. The zero-order valence-corrected chi connectivity index (χ0v) is 16.9. The Morgan fingerprint density at radius 3 is 2.50 bits per heavy atom. The molecular weight excluding hydrogens is 408 g/mol. The highest BCUT2D eigenvalue weighted by Crippen LogP contribution is 2.44. The van der Waals surface area contributed by atoms with E-state index in [1.165, 1.54) is 12.0 Å². The van der Waals surface area contributed by atoms with Gasteiger partial charge in [-0.25, -0.2) is 0 Å². The Kier molecular flexibility index (Phi) is 5.05. The predicted octanol–water partition coefficient (Wildman–Crippen LogP) is 4.27. The lowest BCUT2D eigenvalue weighted by Crippen LogP contribution is -2.29. The Morgan fingerprint density at radius 1 is 1.17 bits per heavy atom. The zero-order chi connectivity index (χ0) is 21.4. The van der Waals surface area contributed by atoms with Gasteiger partial charge in [0.1, 0.15) is 23.3 Å². The third-order valence-electron chi connectivity index (χ3n) is 4.86. The zero-order valence-electron chi connectivity index (χ0n) is 16.1. The molecule has 1 saturated heterocycles. The number of ether oxygens (including phenoxy) is 1. The summed E-state index contributed by atoms with van der Waals surface area (Å²) in [5, 5.41) is 15.4. The monoisotopic (exact) mass is 424 g/mol. The van der Waals surface area contributed by atoms with Gasteiger partial charge in [0.2, 0.25) is 0 Å². The number of para-hydroxylation sites is 1. The van der Waals surface area contributed by atoms with Crippen LogP contribution >= 0.6 is 11.6 Å². The van der Waals surface area contributed by atoms with Crippen LogP contribution < -0.4 is 9.64 Å². The van der Waals surface area contributed by atoms with Crippen molar-refractivity contribution in [1.29, 1.82) is 0 Å². The summed E-state index contributed by atoms with van der Waals surface area (Å²) in [5.41, 5.74) is 0.802. The molecule has 30 heavy (non-hydrogen) atoms. The minimum absolute atomic E-state index is 0.0764. The highest BCUT2D eigenvalue weighted by molar-refractivity contribution is 6.51. The molecule has 0 saturated carbocycles. The van der Waals surface area contributed by atoms with Crippen molar-refractivity contribution >= 4 is 34.9 Å². The summed E-state index contributed by atoms with van der Waals surface area (Å²) in [4.78, 5) is 27.2. The molecule has 1 atom stereocenters. The number of methoxy groups -OCH3 is 1. The second kappa shape index (κ2) is 7.68. The van der Waals surface area contributed by atoms with Gasteiger partial charge in [-0.2, -0.15) is 0 Å². The second-order valence-corrected chi connectivity index (χ2v) is 7.15. The lowest BCUT2D eigenvalue weighted by atomic mass is 9.94. The minimum atomic E-state index is -0.957. The van der Waals surface area contributed by atoms with Gasteiger partial charge in [0, 0.05) is 22.2 Å². The molecule has 0 radical (unpaired) electrons. The maximum atomic E-state index is 13.0. The van der Waals surface area contributed by atoms with E-state index in [2.05, 4.69) is 5.16 Å². The first-order valence-corrected chi connectivity index (χ1v) is 9.43. The first-order valence-electron chi connectivity index (χ1n) is 9.05. The van der Waals surface area contributed by atoms with Crippen LogP contribution in [0.2, 0.25) is 5.02 Å². The Balaban J connectivity index is 1.98. The van der Waals surface area contributed by atoms with Crippen LogP contribution in [0.3, 0.4) is 0 Å². The predicted molar refractivity (Wildman–Crippen MR) is 110 cm³/mol. The molecule has 3 aromatic rings. The number of hydrogen-bond acceptors (Lipinski definition) is 6. The van der Waals surface area contributed by atoms with E-state index in [-0.39, 0.29) is 17.2 Å². The van der Waals surface area contributed by atoms with Crippen LogP contribution in [-0.2, 0) is 9.59 Å². The molecule has 1 amide bonds. The molecule has 1 N–H and O–H groups in total. The van der Waals surface area contributed by atoms with E-state index < -0.39 is 17.7 Å². The highest BCUT2D eigenvalue weighted by atomic mass is 35.5. The number of ketones is 1. The number of nitrogens with zero attached hydrogens (tertiary/aromatic N) is 2. The minimum Gasteiger partial charge on any atom is -0.507 e. The number of rotatable bonds is 4. The summed E-state index contributed by atoms with van der Waals surface area (Å²) in [6.45, 7) is 1.68. The summed E-state index contributed by atoms with van der Waals surface area (Å²) in [5.74, 6) is -0.877. The van der Waals surface area contributed by atoms with E-state index >= 15 is 0 Å². The van der Waals surface area contributed by atoms with E-state index in [1.807, 2.05) is 0 Å². The fourth-order valence-corrected chi connectivity index (χ4v) is 3.61. The molecule has 0 unspecified atom stereocenters. The van der Waals surface area contributed by atoms with E-state index in [0.717, 1.165) is 0 Å². The summed E-state index contributed by atoms with van der Waals surface area (Å²) in [6.07, 6.45) is 0. The number of aliphatic hydroxyl groups excluding tert-OH is 1. The molecule has 4 rings (SSSR count). The number of benzene rings is 2. The van der Waals surface area contributed by atoms with Crippen molar-refractivity contribution in [3.63, 3.8) is 0 Å². The smallest absolute Gasteiger partial charge is 0.301 e. The van der Waals surface area contributed by atoms with Crippen molar-refractivity contribution in [2.75, 3.05) is 12.0 Å². The van der Waals surface area contributed by atoms with E-state index in [4.69, 9.17) is 20.9 Å². The van der Waals surface area contributed by atoms with Gasteiger partial charge in [-0.15, -0.1) is 0 Å². The normalized spacial score (nSPS) is 18.1. The molecule has 2 aromatic carbocycles. The Labute approximate surface area is 177 Å². The van der Waals surface area contributed by atoms with Gasteiger partial charge < -0.3 is 14.4 Å². The number of anilines is 1. The standard InChI is InChI=1S/C22H17ClN2O5/c1-12-11-17(24-30-12)25-19(15-5-3-4-6-16(15)29-2)18(21(27)22(25)28)20(26)13-7-9-14(23)10-8-13/h3-11,19,26H,1-2H3/t19-/m1/s1. The number of carbonyl (C=O) groups excluding carboxylic acids is 2. The number of aliphatic hydroxyl groups is 1. The van der Waals surface area contributed by atoms with Gasteiger partial charge in [-0.1, -0.05) is 35.0 Å². The number of aromatic nitrogens is 1. The molecule has 1 fully saturated rings. The van der Waals surface area contributed by atoms with Crippen molar-refractivity contribution in [2.45, 2.75) is 13.0 Å². The first-order chi connectivity index (χ1) is 14.4. The van der Waals surface area contributed by atoms with Crippen LogP contribution in [0.4, 0.5) is 5.82 Å². The molecule has 8 heteroatoms. The molecule has 1 aromatic heterocycles. The van der Waals surface area contributed by atoms with Crippen molar-refractivity contribution < 1.29 is 24.0 Å². The van der Waals surface area contributed by atoms with Crippen LogP contribution in [0.25, 0.3) is 5.76 Å². The highest BCUT2D eigenvalue weighted by Gasteiger charge is 2.49. The number of carbonyl (C=O) groups is 2. The number of Topliss-reactive ketones (excluding diaryl/α,β-unsaturated/α-hetero) is 1. The molecule has 1 aliphatic rings. The molecule has 0 bridgehead atoms.